The van der Waals surface area contributed by atoms with Gasteiger partial charge in [-0.05, 0) is 6.92 Å². The van der Waals surface area contributed by atoms with Crippen LogP contribution in [0.2, 0.25) is 0 Å². The lowest BCUT2D eigenvalue weighted by atomic mass is 10.1. The fourth-order valence-electron chi connectivity index (χ4n) is 3.11. The van der Waals surface area contributed by atoms with Crippen LogP contribution in [0.4, 0.5) is 10.2 Å². The summed E-state index contributed by atoms with van der Waals surface area (Å²) in [6.45, 7) is 2.58. The van der Waals surface area contributed by atoms with E-state index in [1.807, 2.05) is 18.2 Å². The number of hydrogen-bond donors (Lipinski definition) is 1. The highest BCUT2D eigenvalue weighted by atomic mass is 19.1. The summed E-state index contributed by atoms with van der Waals surface area (Å²) in [5.41, 5.74) is 2.11. The number of benzene rings is 1. The van der Waals surface area contributed by atoms with Crippen molar-refractivity contribution in [2.75, 3.05) is 11.4 Å². The summed E-state index contributed by atoms with van der Waals surface area (Å²) in [6.07, 6.45) is 1.93. The minimum Gasteiger partial charge on any atom is -0.349 e. The lowest BCUT2D eigenvalue weighted by Gasteiger charge is -2.29. The predicted molar refractivity (Wildman–Crippen MR) is 91.8 cm³/mol. The van der Waals surface area contributed by atoms with Crippen molar-refractivity contribution in [2.45, 2.75) is 19.9 Å². The van der Waals surface area contributed by atoms with Gasteiger partial charge in [-0.2, -0.15) is 0 Å². The molecule has 0 amide bonds. The molecule has 1 aliphatic heterocycles. The van der Waals surface area contributed by atoms with E-state index in [4.69, 9.17) is 0 Å². The molecule has 0 bridgehead atoms. The highest BCUT2D eigenvalue weighted by molar-refractivity contribution is 5.63. The molecule has 4 rings (SSSR count). The number of hydrogen-bond acceptors (Lipinski definition) is 5. The Morgan fingerprint density at radius 1 is 1.20 bits per heavy atom. The number of nitrogens with zero attached hydrogens (tertiary/aromatic N) is 4. The fraction of sp³-hybridized carbons (Fsp3) is 0.222. The van der Waals surface area contributed by atoms with E-state index in [1.165, 1.54) is 6.33 Å². The largest absolute Gasteiger partial charge is 0.349 e. The van der Waals surface area contributed by atoms with E-state index >= 15 is 4.39 Å². The number of aromatic nitrogens is 4. The van der Waals surface area contributed by atoms with E-state index in [0.29, 0.717) is 29.9 Å². The molecule has 0 aliphatic carbocycles. The number of nitrogens with one attached hydrogen (secondary N) is 1. The maximum Gasteiger partial charge on any atom is 0.256 e. The number of halogens is 1. The van der Waals surface area contributed by atoms with Gasteiger partial charge in [-0.3, -0.25) is 4.79 Å². The summed E-state index contributed by atoms with van der Waals surface area (Å²) in [5, 5.41) is 0. The molecule has 0 atom stereocenters. The Bertz CT molecular complexity index is 987. The quantitative estimate of drug-likeness (QED) is 0.776. The van der Waals surface area contributed by atoms with Gasteiger partial charge in [-0.15, -0.1) is 0 Å². The molecule has 0 saturated heterocycles. The van der Waals surface area contributed by atoms with E-state index in [-0.39, 0.29) is 23.6 Å². The monoisotopic (exact) mass is 337 g/mol. The summed E-state index contributed by atoms with van der Waals surface area (Å²) >= 11 is 0. The van der Waals surface area contributed by atoms with Gasteiger partial charge in [-0.1, -0.05) is 30.3 Å². The third-order valence-corrected chi connectivity index (χ3v) is 4.30. The average molecular weight is 337 g/mol. The van der Waals surface area contributed by atoms with Crippen LogP contribution in [0.5, 0.6) is 0 Å². The van der Waals surface area contributed by atoms with Crippen molar-refractivity contribution >= 4 is 5.82 Å². The van der Waals surface area contributed by atoms with Crippen LogP contribution in [-0.4, -0.2) is 26.5 Å². The van der Waals surface area contributed by atoms with Gasteiger partial charge in [0.05, 0.1) is 17.8 Å². The number of fused-ring (bicyclic) bond motifs is 1. The smallest absolute Gasteiger partial charge is 0.256 e. The van der Waals surface area contributed by atoms with E-state index in [1.54, 1.807) is 24.0 Å². The van der Waals surface area contributed by atoms with Gasteiger partial charge in [0.2, 0.25) is 0 Å². The Balaban J connectivity index is 1.73. The first-order valence-corrected chi connectivity index (χ1v) is 8.03. The molecule has 2 aromatic heterocycles. The Labute approximate surface area is 143 Å². The molecular formula is C18H16FN5O. The molecule has 3 aromatic rings. The number of aromatic amines is 1. The Hall–Kier alpha value is -3.09. The van der Waals surface area contributed by atoms with Crippen LogP contribution in [0.25, 0.3) is 11.3 Å². The zero-order valence-corrected chi connectivity index (χ0v) is 13.7. The highest BCUT2D eigenvalue weighted by Gasteiger charge is 2.25. The lowest BCUT2D eigenvalue weighted by Crippen LogP contribution is -2.37. The summed E-state index contributed by atoms with van der Waals surface area (Å²) in [7, 11) is 0. The predicted octanol–water partition coefficient (Wildman–Crippen LogP) is 2.24. The third kappa shape index (κ3) is 2.77. The first kappa shape index (κ1) is 15.4. The van der Waals surface area contributed by atoms with Crippen LogP contribution in [0.1, 0.15) is 17.1 Å². The van der Waals surface area contributed by atoms with Crippen LogP contribution in [-0.2, 0) is 13.0 Å². The summed E-state index contributed by atoms with van der Waals surface area (Å²) in [6, 6.07) is 9.14. The summed E-state index contributed by atoms with van der Waals surface area (Å²) in [4.78, 5) is 29.2. The second-order valence-corrected chi connectivity index (χ2v) is 5.97. The topological polar surface area (TPSA) is 74.8 Å². The van der Waals surface area contributed by atoms with Crippen LogP contribution in [0.3, 0.4) is 0 Å². The van der Waals surface area contributed by atoms with Crippen LogP contribution >= 0.6 is 0 Å². The summed E-state index contributed by atoms with van der Waals surface area (Å²) < 4.78 is 15.0. The molecule has 126 valence electrons. The molecule has 0 fully saturated rings. The van der Waals surface area contributed by atoms with Crippen LogP contribution < -0.4 is 10.5 Å². The lowest BCUT2D eigenvalue weighted by molar-refractivity contribution is 0.593. The van der Waals surface area contributed by atoms with E-state index < -0.39 is 5.82 Å². The van der Waals surface area contributed by atoms with Crippen molar-refractivity contribution in [3.05, 3.63) is 69.9 Å². The molecule has 3 heterocycles. The first-order valence-electron chi connectivity index (χ1n) is 8.03. The first-order chi connectivity index (χ1) is 12.1. The average Bonchev–Trinajstić information content (AvgIpc) is 2.62. The van der Waals surface area contributed by atoms with Gasteiger partial charge in [0, 0.05) is 18.5 Å². The minimum atomic E-state index is -0.478. The molecule has 1 N–H and O–H groups in total. The van der Waals surface area contributed by atoms with Crippen molar-refractivity contribution in [3.63, 3.8) is 0 Å². The minimum absolute atomic E-state index is 0.176. The Morgan fingerprint density at radius 3 is 2.80 bits per heavy atom. The molecule has 1 aliphatic rings. The van der Waals surface area contributed by atoms with E-state index in [2.05, 4.69) is 19.9 Å². The zero-order valence-electron chi connectivity index (χ0n) is 13.7. The second kappa shape index (κ2) is 6.08. The normalized spacial score (nSPS) is 13.6. The fourth-order valence-corrected chi connectivity index (χ4v) is 3.11. The number of rotatable bonds is 2. The van der Waals surface area contributed by atoms with Crippen molar-refractivity contribution in [1.82, 2.24) is 19.9 Å². The molecule has 0 spiro atoms. The summed E-state index contributed by atoms with van der Waals surface area (Å²) in [5.74, 6) is 0.324. The molecule has 6 nitrogen and oxygen atoms in total. The standard InChI is InChI=1S/C18H16FN5O/c1-11-22-14-7-8-24(9-13(14)18(25)23-11)17-15(19)16(20-10-21-17)12-5-3-2-4-6-12/h2-6,10H,7-9H2,1H3,(H,22,23,25). The van der Waals surface area contributed by atoms with Crippen molar-refractivity contribution in [3.8, 4) is 11.3 Å². The Morgan fingerprint density at radius 2 is 2.00 bits per heavy atom. The van der Waals surface area contributed by atoms with Crippen molar-refractivity contribution in [1.29, 1.82) is 0 Å². The van der Waals surface area contributed by atoms with Gasteiger partial charge in [0.25, 0.3) is 5.56 Å². The number of anilines is 1. The molecule has 7 heteroatoms. The SMILES string of the molecule is Cc1nc2c(c(=O)[nH]1)CN(c1ncnc(-c3ccccc3)c1F)CC2. The van der Waals surface area contributed by atoms with Crippen LogP contribution in [0.15, 0.2) is 41.5 Å². The van der Waals surface area contributed by atoms with Gasteiger partial charge in [0.15, 0.2) is 11.6 Å². The molecule has 0 unspecified atom stereocenters. The third-order valence-electron chi connectivity index (χ3n) is 4.30. The van der Waals surface area contributed by atoms with E-state index in [0.717, 1.165) is 5.69 Å². The van der Waals surface area contributed by atoms with Gasteiger partial charge < -0.3 is 9.88 Å². The van der Waals surface area contributed by atoms with Crippen molar-refractivity contribution < 1.29 is 4.39 Å². The van der Waals surface area contributed by atoms with Gasteiger partial charge in [-0.25, -0.2) is 19.3 Å². The molecular weight excluding hydrogens is 321 g/mol. The van der Waals surface area contributed by atoms with Crippen molar-refractivity contribution in [2.24, 2.45) is 0 Å². The zero-order chi connectivity index (χ0) is 17.4. The molecule has 0 saturated carbocycles. The van der Waals surface area contributed by atoms with E-state index in [9.17, 15) is 4.79 Å². The van der Waals surface area contributed by atoms with Crippen LogP contribution in [0, 0.1) is 12.7 Å². The highest BCUT2D eigenvalue weighted by Crippen LogP contribution is 2.28. The van der Waals surface area contributed by atoms with Gasteiger partial charge in [0.1, 0.15) is 17.8 Å². The molecule has 25 heavy (non-hydrogen) atoms. The maximum atomic E-state index is 15.0. The molecule has 1 aromatic carbocycles. The Kier molecular flexibility index (Phi) is 3.76. The number of aryl methyl sites for hydroxylation is 1. The second-order valence-electron chi connectivity index (χ2n) is 5.97. The number of H-pyrrole nitrogens is 1. The maximum absolute atomic E-state index is 15.0. The molecule has 0 radical (unpaired) electrons. The van der Waals surface area contributed by atoms with Gasteiger partial charge >= 0.3 is 0 Å².